The van der Waals surface area contributed by atoms with E-state index in [1.54, 1.807) is 9.80 Å². The van der Waals surface area contributed by atoms with Crippen molar-refractivity contribution in [1.82, 2.24) is 24.4 Å². The van der Waals surface area contributed by atoms with Gasteiger partial charge >= 0.3 is 6.03 Å². The number of aromatic nitrogens is 1. The number of thiazole rings is 1. The van der Waals surface area contributed by atoms with E-state index < -0.39 is 34.1 Å². The number of rotatable bonds is 16. The average molecular weight is 713 g/mol. The molecule has 3 N–H and O–H groups in total. The van der Waals surface area contributed by atoms with Crippen LogP contribution in [0, 0.1) is 18.8 Å². The standard InChI is InChI=1S/C35H48N6O6S2/c1-23(2)19-40(49(46,47)30-14-12-28(13-15-30)36-25(5)42)21-32(43)31(18-27-10-8-7-9-11-27)38-34(44)33(24(3)4)41-17-16-39(35(41)45)20-29-22-48-26(6)37-29/h7-15,22-24,31-33,43H,16-21H2,1-6H3,(H,36,42)(H,38,44)/t31-,32+,33-/m0/s1. The summed E-state index contributed by atoms with van der Waals surface area (Å²) in [4.78, 5) is 46.8. The van der Waals surface area contributed by atoms with Gasteiger partial charge in [-0.25, -0.2) is 18.2 Å². The second-order valence-corrected chi connectivity index (χ2v) is 16.2. The number of sulfonamides is 1. The molecule has 2 heterocycles. The van der Waals surface area contributed by atoms with Crippen molar-refractivity contribution in [3.63, 3.8) is 0 Å². The summed E-state index contributed by atoms with van der Waals surface area (Å²) in [5.74, 6) is -0.992. The molecular weight excluding hydrogens is 665 g/mol. The fourth-order valence-corrected chi connectivity index (χ4v) is 8.21. The second-order valence-electron chi connectivity index (χ2n) is 13.2. The number of aliphatic hydroxyl groups is 1. The molecule has 2 aromatic carbocycles. The zero-order valence-electron chi connectivity index (χ0n) is 29.0. The molecule has 1 aliphatic rings. The maximum absolute atomic E-state index is 14.1. The zero-order chi connectivity index (χ0) is 35.9. The summed E-state index contributed by atoms with van der Waals surface area (Å²) in [6.07, 6.45) is -1.05. The lowest BCUT2D eigenvalue weighted by atomic mass is 9.97. The summed E-state index contributed by atoms with van der Waals surface area (Å²) in [7, 11) is -4.07. The molecule has 1 saturated heterocycles. The number of urea groups is 1. The quantitative estimate of drug-likeness (QED) is 0.202. The van der Waals surface area contributed by atoms with Crippen molar-refractivity contribution in [1.29, 1.82) is 0 Å². The molecule has 3 atom stereocenters. The number of carbonyl (C=O) groups is 3. The minimum atomic E-state index is -4.07. The van der Waals surface area contributed by atoms with Crippen LogP contribution in [-0.2, 0) is 32.6 Å². The summed E-state index contributed by atoms with van der Waals surface area (Å²) in [5, 5.41) is 20.2. The Morgan fingerprint density at radius 1 is 1.02 bits per heavy atom. The number of amides is 4. The third kappa shape index (κ3) is 10.1. The number of carbonyl (C=O) groups excluding carboxylic acids is 3. The van der Waals surface area contributed by atoms with Gasteiger partial charge in [0.25, 0.3) is 0 Å². The molecule has 0 bridgehead atoms. The van der Waals surface area contributed by atoms with Crippen molar-refractivity contribution in [3.8, 4) is 0 Å². The number of nitrogens with zero attached hydrogens (tertiary/aromatic N) is 4. The average Bonchev–Trinajstić information content (AvgIpc) is 3.61. The number of anilines is 1. The topological polar surface area (TPSA) is 152 Å². The van der Waals surface area contributed by atoms with E-state index in [4.69, 9.17) is 0 Å². The Kier molecular flexibility index (Phi) is 12.9. The first-order chi connectivity index (χ1) is 23.1. The van der Waals surface area contributed by atoms with Gasteiger partial charge in [0.15, 0.2) is 0 Å². The van der Waals surface area contributed by atoms with Crippen LogP contribution in [-0.4, -0.2) is 94.8 Å². The molecule has 1 aliphatic heterocycles. The fourth-order valence-electron chi connectivity index (χ4n) is 5.98. The predicted molar refractivity (Wildman–Crippen MR) is 190 cm³/mol. The van der Waals surface area contributed by atoms with Crippen LogP contribution in [0.2, 0.25) is 0 Å². The lowest BCUT2D eigenvalue weighted by Crippen LogP contribution is -2.57. The molecule has 0 unspecified atom stereocenters. The molecule has 1 fully saturated rings. The summed E-state index contributed by atoms with van der Waals surface area (Å²) >= 11 is 1.52. The fraction of sp³-hybridized carbons (Fsp3) is 0.486. The molecule has 0 radical (unpaired) electrons. The highest BCUT2D eigenvalue weighted by Crippen LogP contribution is 2.24. The monoisotopic (exact) mass is 712 g/mol. The Hall–Kier alpha value is -3.85. The number of benzene rings is 2. The first-order valence-electron chi connectivity index (χ1n) is 16.5. The van der Waals surface area contributed by atoms with Crippen molar-refractivity contribution in [2.75, 3.05) is 31.5 Å². The second kappa shape index (κ2) is 16.7. The van der Waals surface area contributed by atoms with Gasteiger partial charge in [-0.15, -0.1) is 11.3 Å². The van der Waals surface area contributed by atoms with Crippen LogP contribution >= 0.6 is 11.3 Å². The summed E-state index contributed by atoms with van der Waals surface area (Å²) in [5.41, 5.74) is 2.12. The number of hydrogen-bond donors (Lipinski definition) is 3. The largest absolute Gasteiger partial charge is 0.390 e. The smallest absolute Gasteiger partial charge is 0.321 e. The normalized spacial score (nSPS) is 15.6. The van der Waals surface area contributed by atoms with Crippen molar-refractivity contribution >= 4 is 44.9 Å². The van der Waals surface area contributed by atoms with E-state index in [2.05, 4.69) is 15.6 Å². The van der Waals surface area contributed by atoms with Crippen molar-refractivity contribution < 1.29 is 27.9 Å². The van der Waals surface area contributed by atoms with Gasteiger partial charge in [0.2, 0.25) is 21.8 Å². The molecule has 0 aliphatic carbocycles. The molecule has 0 saturated carbocycles. The van der Waals surface area contributed by atoms with E-state index in [1.807, 2.05) is 70.3 Å². The van der Waals surface area contributed by atoms with E-state index in [0.29, 0.717) is 25.3 Å². The van der Waals surface area contributed by atoms with Gasteiger partial charge in [-0.2, -0.15) is 4.31 Å². The molecule has 266 valence electrons. The molecule has 1 aromatic heterocycles. The number of aliphatic hydroxyl groups excluding tert-OH is 1. The van der Waals surface area contributed by atoms with Crippen LogP contribution in [0.4, 0.5) is 10.5 Å². The Morgan fingerprint density at radius 2 is 1.69 bits per heavy atom. The van der Waals surface area contributed by atoms with E-state index in [0.717, 1.165) is 16.3 Å². The summed E-state index contributed by atoms with van der Waals surface area (Å²) < 4.78 is 29.0. The number of hydrogen-bond acceptors (Lipinski definition) is 8. The minimum absolute atomic E-state index is 0.0166. The zero-order valence-corrected chi connectivity index (χ0v) is 30.6. The Bertz CT molecular complexity index is 1680. The van der Waals surface area contributed by atoms with Crippen LogP contribution < -0.4 is 10.6 Å². The molecule has 49 heavy (non-hydrogen) atoms. The van der Waals surface area contributed by atoms with E-state index in [9.17, 15) is 27.9 Å². The van der Waals surface area contributed by atoms with E-state index >= 15 is 0 Å². The van der Waals surface area contributed by atoms with Crippen LogP contribution in [0.1, 0.15) is 50.9 Å². The third-order valence-electron chi connectivity index (χ3n) is 8.24. The SMILES string of the molecule is CC(=O)Nc1ccc(S(=O)(=O)N(CC(C)C)C[C@@H](O)[C@H](Cc2ccccc2)NC(=O)[C@H](C(C)C)N2CCN(Cc3csc(C)n3)C2=O)cc1. The Labute approximate surface area is 293 Å². The highest BCUT2D eigenvalue weighted by molar-refractivity contribution is 7.89. The number of aryl methyl sites for hydroxylation is 1. The number of nitrogens with one attached hydrogen (secondary N) is 2. The lowest BCUT2D eigenvalue weighted by molar-refractivity contribution is -0.128. The van der Waals surface area contributed by atoms with Gasteiger partial charge in [-0.3, -0.25) is 9.59 Å². The van der Waals surface area contributed by atoms with Gasteiger partial charge < -0.3 is 25.5 Å². The minimum Gasteiger partial charge on any atom is -0.390 e. The Balaban J connectivity index is 1.56. The van der Waals surface area contributed by atoms with Crippen molar-refractivity contribution in [2.45, 2.75) is 77.6 Å². The highest BCUT2D eigenvalue weighted by Gasteiger charge is 2.40. The highest BCUT2D eigenvalue weighted by atomic mass is 32.2. The van der Waals surface area contributed by atoms with Gasteiger partial charge in [-0.1, -0.05) is 58.0 Å². The molecule has 4 amide bonds. The first kappa shape index (κ1) is 38.0. The van der Waals surface area contributed by atoms with Gasteiger partial charge in [0, 0.05) is 44.2 Å². The van der Waals surface area contributed by atoms with Gasteiger partial charge in [0.1, 0.15) is 6.04 Å². The summed E-state index contributed by atoms with van der Waals surface area (Å²) in [6, 6.07) is 13.3. The predicted octanol–water partition coefficient (Wildman–Crippen LogP) is 4.11. The van der Waals surface area contributed by atoms with Gasteiger partial charge in [0.05, 0.1) is 34.3 Å². The van der Waals surface area contributed by atoms with E-state index in [1.165, 1.54) is 46.8 Å². The molecule has 3 aromatic rings. The molecule has 0 spiro atoms. The summed E-state index contributed by atoms with van der Waals surface area (Å²) in [6.45, 7) is 11.8. The van der Waals surface area contributed by atoms with Crippen molar-refractivity contribution in [2.24, 2.45) is 11.8 Å². The van der Waals surface area contributed by atoms with Crippen molar-refractivity contribution in [3.05, 3.63) is 76.2 Å². The van der Waals surface area contributed by atoms with Crippen LogP contribution in [0.25, 0.3) is 0 Å². The third-order valence-corrected chi connectivity index (χ3v) is 10.9. The molecule has 4 rings (SSSR count). The lowest BCUT2D eigenvalue weighted by Gasteiger charge is -2.34. The van der Waals surface area contributed by atoms with Crippen LogP contribution in [0.3, 0.4) is 0 Å². The maximum Gasteiger partial charge on any atom is 0.321 e. The first-order valence-corrected chi connectivity index (χ1v) is 18.8. The maximum atomic E-state index is 14.1. The van der Waals surface area contributed by atoms with Crippen LogP contribution in [0.5, 0.6) is 0 Å². The molecule has 12 nitrogen and oxygen atoms in total. The molecular formula is C35H48N6O6S2. The Morgan fingerprint density at radius 3 is 2.27 bits per heavy atom. The van der Waals surface area contributed by atoms with Crippen LogP contribution in [0.15, 0.2) is 64.9 Å². The van der Waals surface area contributed by atoms with Gasteiger partial charge in [-0.05, 0) is 55.0 Å². The van der Waals surface area contributed by atoms with E-state index in [-0.39, 0.29) is 48.2 Å². The molecule has 14 heteroatoms.